The van der Waals surface area contributed by atoms with Crippen LogP contribution < -0.4 is 5.32 Å². The lowest BCUT2D eigenvalue weighted by Gasteiger charge is -2.27. The Kier molecular flexibility index (Phi) is 45.9. The van der Waals surface area contributed by atoms with E-state index in [0.717, 1.165) is 64.2 Å². The van der Waals surface area contributed by atoms with E-state index in [-0.39, 0.29) is 0 Å². The molecule has 0 aromatic heterocycles. The Morgan fingerprint density at radius 3 is 1.09 bits per heavy atom. The van der Waals surface area contributed by atoms with E-state index in [9.17, 15) is 25.2 Å². The van der Waals surface area contributed by atoms with Crippen molar-refractivity contribution in [2.45, 2.75) is 295 Å². The molecule has 4 atom stereocenters. The van der Waals surface area contributed by atoms with Crippen LogP contribution in [0.1, 0.15) is 271 Å². The molecule has 0 aliphatic carbocycles. The van der Waals surface area contributed by atoms with Gasteiger partial charge in [-0.3, -0.25) is 4.79 Å². The molecule has 0 aromatic carbocycles. The molecule has 0 bridgehead atoms. The minimum absolute atomic E-state index is 0.352. The molecule has 0 radical (unpaired) electrons. The van der Waals surface area contributed by atoms with Crippen molar-refractivity contribution in [3.05, 3.63) is 24.3 Å². The summed E-state index contributed by atoms with van der Waals surface area (Å²) in [5.41, 5.74) is 0. The van der Waals surface area contributed by atoms with Crippen LogP contribution in [0.3, 0.4) is 0 Å². The molecule has 0 saturated carbocycles. The van der Waals surface area contributed by atoms with Gasteiger partial charge in [0.2, 0.25) is 5.91 Å². The minimum Gasteiger partial charge on any atom is -0.394 e. The van der Waals surface area contributed by atoms with Crippen LogP contribution in [0.4, 0.5) is 0 Å². The second-order valence-electron chi connectivity index (χ2n) is 17.9. The molecule has 4 unspecified atom stereocenters. The normalized spacial score (nSPS) is 14.1. The van der Waals surface area contributed by atoms with Gasteiger partial charge < -0.3 is 25.7 Å². The van der Waals surface area contributed by atoms with Crippen molar-refractivity contribution in [2.75, 3.05) is 6.61 Å². The number of amides is 1. The Labute approximate surface area is 361 Å². The maximum atomic E-state index is 12.5. The molecular formula is C52H101NO5. The predicted molar refractivity (Wildman–Crippen MR) is 251 cm³/mol. The standard InChI is InChI=1S/C52H101NO5/c1-3-5-7-9-11-13-15-17-19-20-21-22-23-24-25-26-27-28-29-30-31-32-34-35-37-39-41-43-45-49(55)51(57)48(47-54)53-52(58)50(56)46-44-42-40-38-36-33-18-16-14-12-10-8-6-4-2/h12,14,16,18,48-51,54-57H,3-11,13,15,17,19-47H2,1-2H3,(H,53,58)/b14-12-,18-16-. The minimum atomic E-state index is -1.26. The molecule has 5 N–H and O–H groups in total. The van der Waals surface area contributed by atoms with Gasteiger partial charge in [0.15, 0.2) is 0 Å². The molecule has 0 spiro atoms. The van der Waals surface area contributed by atoms with Gasteiger partial charge in [-0.05, 0) is 38.5 Å². The van der Waals surface area contributed by atoms with Crippen molar-refractivity contribution < 1.29 is 25.2 Å². The molecule has 0 saturated heterocycles. The first-order valence-electron chi connectivity index (χ1n) is 25.7. The smallest absolute Gasteiger partial charge is 0.249 e. The van der Waals surface area contributed by atoms with Crippen molar-refractivity contribution in [1.82, 2.24) is 5.32 Å². The zero-order valence-electron chi connectivity index (χ0n) is 38.8. The van der Waals surface area contributed by atoms with E-state index in [0.29, 0.717) is 12.8 Å². The maximum absolute atomic E-state index is 12.5. The Bertz CT molecular complexity index is 878. The van der Waals surface area contributed by atoms with Gasteiger partial charge in [0.25, 0.3) is 0 Å². The molecular weight excluding hydrogens is 719 g/mol. The third kappa shape index (κ3) is 40.2. The fourth-order valence-electron chi connectivity index (χ4n) is 8.10. The zero-order valence-corrected chi connectivity index (χ0v) is 38.8. The van der Waals surface area contributed by atoms with Gasteiger partial charge in [0.05, 0.1) is 18.8 Å². The predicted octanol–water partition coefficient (Wildman–Crippen LogP) is 14.3. The second-order valence-corrected chi connectivity index (χ2v) is 17.9. The first-order chi connectivity index (χ1) is 28.5. The van der Waals surface area contributed by atoms with E-state index in [4.69, 9.17) is 0 Å². The highest BCUT2D eigenvalue weighted by molar-refractivity contribution is 5.80. The molecule has 6 heteroatoms. The first-order valence-corrected chi connectivity index (χ1v) is 25.7. The average molecular weight is 820 g/mol. The summed E-state index contributed by atoms with van der Waals surface area (Å²) in [5, 5.41) is 43.8. The van der Waals surface area contributed by atoms with Crippen molar-refractivity contribution in [3.8, 4) is 0 Å². The van der Waals surface area contributed by atoms with Crippen LogP contribution >= 0.6 is 0 Å². The summed E-state index contributed by atoms with van der Waals surface area (Å²) in [4.78, 5) is 12.5. The lowest BCUT2D eigenvalue weighted by Crippen LogP contribution is -2.53. The first kappa shape index (κ1) is 56.8. The molecule has 0 aliphatic heterocycles. The lowest BCUT2D eigenvalue weighted by atomic mass is 9.99. The highest BCUT2D eigenvalue weighted by atomic mass is 16.3. The highest BCUT2D eigenvalue weighted by Gasteiger charge is 2.28. The number of aliphatic hydroxyl groups excluding tert-OH is 4. The average Bonchev–Trinajstić information content (AvgIpc) is 3.23. The third-order valence-corrected chi connectivity index (χ3v) is 12.2. The van der Waals surface area contributed by atoms with E-state index < -0.39 is 36.9 Å². The highest BCUT2D eigenvalue weighted by Crippen LogP contribution is 2.18. The van der Waals surface area contributed by atoms with Gasteiger partial charge in [-0.1, -0.05) is 256 Å². The monoisotopic (exact) mass is 820 g/mol. The molecule has 0 aromatic rings. The lowest BCUT2D eigenvalue weighted by molar-refractivity contribution is -0.132. The summed E-state index contributed by atoms with van der Waals surface area (Å²) < 4.78 is 0. The van der Waals surface area contributed by atoms with Crippen molar-refractivity contribution in [3.63, 3.8) is 0 Å². The number of aliphatic hydroxyl groups is 4. The number of hydrogen-bond acceptors (Lipinski definition) is 5. The van der Waals surface area contributed by atoms with E-state index in [1.807, 2.05) is 0 Å². The second kappa shape index (κ2) is 46.8. The number of nitrogens with one attached hydrogen (secondary N) is 1. The molecule has 0 fully saturated rings. The van der Waals surface area contributed by atoms with E-state index >= 15 is 0 Å². The topological polar surface area (TPSA) is 110 Å². The SMILES string of the molecule is CCCCC/C=C\C=C/CCCCCCCC(O)C(=O)NC(CO)C(O)C(O)CCCCCCCCCCCCCCCCCCCCCCCCCCCCCC. The molecule has 6 nitrogen and oxygen atoms in total. The van der Waals surface area contributed by atoms with Crippen LogP contribution in [-0.2, 0) is 4.79 Å². The third-order valence-electron chi connectivity index (χ3n) is 12.2. The van der Waals surface area contributed by atoms with Crippen LogP contribution in [-0.4, -0.2) is 57.3 Å². The van der Waals surface area contributed by atoms with Crippen LogP contribution in [0.15, 0.2) is 24.3 Å². The number of hydrogen-bond donors (Lipinski definition) is 5. The molecule has 0 heterocycles. The fraction of sp³-hybridized carbons (Fsp3) is 0.904. The summed E-state index contributed by atoms with van der Waals surface area (Å²) in [6.45, 7) is 4.03. The Morgan fingerprint density at radius 1 is 0.431 bits per heavy atom. The van der Waals surface area contributed by atoms with Crippen LogP contribution in [0.25, 0.3) is 0 Å². The van der Waals surface area contributed by atoms with E-state index in [2.05, 4.69) is 43.5 Å². The fourth-order valence-corrected chi connectivity index (χ4v) is 8.10. The number of carbonyl (C=O) groups excluding carboxylic acids is 1. The number of rotatable bonds is 47. The summed E-state index contributed by atoms with van der Waals surface area (Å²) in [6.07, 6.45) is 55.2. The molecule has 344 valence electrons. The summed E-state index contributed by atoms with van der Waals surface area (Å²) in [6, 6.07) is -0.991. The molecule has 0 aliphatic rings. The number of allylic oxidation sites excluding steroid dienone is 4. The van der Waals surface area contributed by atoms with Crippen LogP contribution in [0.2, 0.25) is 0 Å². The van der Waals surface area contributed by atoms with Crippen LogP contribution in [0, 0.1) is 0 Å². The molecule has 1 amide bonds. The Morgan fingerprint density at radius 2 is 0.724 bits per heavy atom. The molecule has 0 rings (SSSR count). The summed E-state index contributed by atoms with van der Waals surface area (Å²) >= 11 is 0. The van der Waals surface area contributed by atoms with Gasteiger partial charge in [-0.2, -0.15) is 0 Å². The zero-order chi connectivity index (χ0) is 42.4. The Balaban J connectivity index is 3.60. The van der Waals surface area contributed by atoms with Gasteiger partial charge in [0.1, 0.15) is 12.2 Å². The van der Waals surface area contributed by atoms with Crippen molar-refractivity contribution in [2.24, 2.45) is 0 Å². The van der Waals surface area contributed by atoms with E-state index in [1.165, 1.54) is 180 Å². The number of unbranched alkanes of at least 4 members (excludes halogenated alkanes) is 35. The molecule has 58 heavy (non-hydrogen) atoms. The van der Waals surface area contributed by atoms with Gasteiger partial charge in [-0.15, -0.1) is 0 Å². The quantitative estimate of drug-likeness (QED) is 0.0310. The summed E-state index contributed by atoms with van der Waals surface area (Å²) in [7, 11) is 0. The number of carbonyl (C=O) groups is 1. The van der Waals surface area contributed by atoms with Crippen LogP contribution in [0.5, 0.6) is 0 Å². The Hall–Kier alpha value is -1.21. The maximum Gasteiger partial charge on any atom is 0.249 e. The van der Waals surface area contributed by atoms with E-state index in [1.54, 1.807) is 0 Å². The van der Waals surface area contributed by atoms with Gasteiger partial charge in [-0.25, -0.2) is 0 Å². The van der Waals surface area contributed by atoms with Crippen molar-refractivity contribution >= 4 is 5.91 Å². The summed E-state index contributed by atoms with van der Waals surface area (Å²) in [5.74, 6) is -0.594. The van der Waals surface area contributed by atoms with Gasteiger partial charge in [0, 0.05) is 0 Å². The largest absolute Gasteiger partial charge is 0.394 e. The van der Waals surface area contributed by atoms with Crippen molar-refractivity contribution in [1.29, 1.82) is 0 Å². The van der Waals surface area contributed by atoms with Gasteiger partial charge >= 0.3 is 0 Å².